The summed E-state index contributed by atoms with van der Waals surface area (Å²) in [6.07, 6.45) is 0.106. The summed E-state index contributed by atoms with van der Waals surface area (Å²) in [7, 11) is 0. The molecule has 4 heteroatoms. The second-order valence-electron chi connectivity index (χ2n) is 5.18. The molecule has 0 radical (unpaired) electrons. The zero-order valence-corrected chi connectivity index (χ0v) is 12.5. The van der Waals surface area contributed by atoms with Crippen LogP contribution in [0.25, 0.3) is 0 Å². The molecule has 2 aromatic rings. The first-order valence-electron chi connectivity index (χ1n) is 6.84. The van der Waals surface area contributed by atoms with Crippen molar-refractivity contribution in [3.63, 3.8) is 0 Å². The lowest BCUT2D eigenvalue weighted by atomic mass is 10.1. The van der Waals surface area contributed by atoms with E-state index in [0.717, 1.165) is 5.69 Å². The van der Waals surface area contributed by atoms with E-state index in [4.69, 9.17) is 4.74 Å². The summed E-state index contributed by atoms with van der Waals surface area (Å²) in [5.74, 6) is 1.21. The maximum atomic E-state index is 5.61. The number of ether oxygens (including phenoxy) is 1. The molecule has 1 N–H and O–H groups in total. The molecular formula is C16H21N3O. The number of nitrogens with one attached hydrogen (secondary N) is 1. The molecule has 0 saturated heterocycles. The zero-order chi connectivity index (χ0) is 14.5. The highest BCUT2D eigenvalue weighted by Crippen LogP contribution is 2.14. The number of nitrogens with zero attached hydrogens (tertiary/aromatic N) is 2. The summed E-state index contributed by atoms with van der Waals surface area (Å²) >= 11 is 0. The van der Waals surface area contributed by atoms with Gasteiger partial charge in [-0.1, -0.05) is 29.8 Å². The van der Waals surface area contributed by atoms with Crippen LogP contribution in [0.4, 0.5) is 5.95 Å². The third-order valence-corrected chi connectivity index (χ3v) is 2.76. The largest absolute Gasteiger partial charge is 0.475 e. The van der Waals surface area contributed by atoms with Gasteiger partial charge in [-0.05, 0) is 33.3 Å². The lowest BCUT2D eigenvalue weighted by Crippen LogP contribution is -2.10. The van der Waals surface area contributed by atoms with E-state index in [1.807, 2.05) is 26.8 Å². The predicted molar refractivity (Wildman–Crippen MR) is 81.0 cm³/mol. The minimum absolute atomic E-state index is 0.106. The molecule has 1 heterocycles. The Hall–Kier alpha value is -2.10. The summed E-state index contributed by atoms with van der Waals surface area (Å²) in [5.41, 5.74) is 3.35. The molecule has 2 rings (SSSR count). The van der Waals surface area contributed by atoms with E-state index in [0.29, 0.717) is 18.4 Å². The normalized spacial score (nSPS) is 10.7. The van der Waals surface area contributed by atoms with E-state index >= 15 is 0 Å². The Morgan fingerprint density at radius 2 is 1.80 bits per heavy atom. The van der Waals surface area contributed by atoms with E-state index in [2.05, 4.69) is 46.5 Å². The number of benzene rings is 1. The molecule has 106 valence electrons. The van der Waals surface area contributed by atoms with Crippen molar-refractivity contribution in [3.05, 3.63) is 47.2 Å². The standard InChI is InChI=1S/C16H21N3O/c1-11(2)20-15-9-13(4)18-16(19-15)17-10-14-7-5-12(3)6-8-14/h5-9,11H,10H2,1-4H3,(H,17,18,19). The fourth-order valence-electron chi connectivity index (χ4n) is 1.81. The van der Waals surface area contributed by atoms with Gasteiger partial charge in [0.05, 0.1) is 6.10 Å². The van der Waals surface area contributed by atoms with Crippen molar-refractivity contribution < 1.29 is 4.74 Å². The third kappa shape index (κ3) is 4.23. The van der Waals surface area contributed by atoms with Gasteiger partial charge in [0.15, 0.2) is 0 Å². The van der Waals surface area contributed by atoms with Crippen molar-refractivity contribution in [1.29, 1.82) is 0 Å². The Labute approximate surface area is 120 Å². The van der Waals surface area contributed by atoms with E-state index in [1.165, 1.54) is 11.1 Å². The van der Waals surface area contributed by atoms with Crippen LogP contribution >= 0.6 is 0 Å². The van der Waals surface area contributed by atoms with E-state index < -0.39 is 0 Å². The molecule has 0 aliphatic rings. The Bertz CT molecular complexity index is 564. The van der Waals surface area contributed by atoms with Gasteiger partial charge in [0.25, 0.3) is 0 Å². The average molecular weight is 271 g/mol. The highest BCUT2D eigenvalue weighted by Gasteiger charge is 2.05. The minimum Gasteiger partial charge on any atom is -0.475 e. The number of aryl methyl sites for hydroxylation is 2. The number of hydrogen-bond acceptors (Lipinski definition) is 4. The van der Waals surface area contributed by atoms with Gasteiger partial charge in [-0.3, -0.25) is 0 Å². The molecule has 4 nitrogen and oxygen atoms in total. The van der Waals surface area contributed by atoms with Gasteiger partial charge in [0.2, 0.25) is 11.8 Å². The van der Waals surface area contributed by atoms with Gasteiger partial charge in [0.1, 0.15) is 0 Å². The Morgan fingerprint density at radius 3 is 2.45 bits per heavy atom. The van der Waals surface area contributed by atoms with Crippen molar-refractivity contribution in [2.24, 2.45) is 0 Å². The molecule has 0 amide bonds. The summed E-state index contributed by atoms with van der Waals surface area (Å²) in [4.78, 5) is 8.73. The Kier molecular flexibility index (Phi) is 4.56. The second kappa shape index (κ2) is 6.37. The van der Waals surface area contributed by atoms with Crippen molar-refractivity contribution >= 4 is 5.95 Å². The number of anilines is 1. The molecule has 0 aliphatic heterocycles. The van der Waals surface area contributed by atoms with Gasteiger partial charge in [-0.15, -0.1) is 0 Å². The van der Waals surface area contributed by atoms with Crippen LogP contribution in [0.1, 0.15) is 30.7 Å². The van der Waals surface area contributed by atoms with Crippen molar-refractivity contribution in [2.75, 3.05) is 5.32 Å². The lowest BCUT2D eigenvalue weighted by molar-refractivity contribution is 0.232. The summed E-state index contributed by atoms with van der Waals surface area (Å²) < 4.78 is 5.61. The monoisotopic (exact) mass is 271 g/mol. The fourth-order valence-corrected chi connectivity index (χ4v) is 1.81. The molecule has 0 unspecified atom stereocenters. The van der Waals surface area contributed by atoms with Crippen LogP contribution in [0, 0.1) is 13.8 Å². The first-order valence-corrected chi connectivity index (χ1v) is 6.84. The number of aromatic nitrogens is 2. The molecule has 0 saturated carbocycles. The van der Waals surface area contributed by atoms with Gasteiger partial charge in [-0.2, -0.15) is 4.98 Å². The summed E-state index contributed by atoms with van der Waals surface area (Å²) in [5, 5.41) is 3.23. The lowest BCUT2D eigenvalue weighted by Gasteiger charge is -2.11. The predicted octanol–water partition coefficient (Wildman–Crippen LogP) is 3.49. The highest BCUT2D eigenvalue weighted by atomic mass is 16.5. The molecule has 0 spiro atoms. The van der Waals surface area contributed by atoms with Gasteiger partial charge < -0.3 is 10.1 Å². The van der Waals surface area contributed by atoms with Crippen LogP contribution in [0.5, 0.6) is 5.88 Å². The molecular weight excluding hydrogens is 250 g/mol. The van der Waals surface area contributed by atoms with E-state index in [1.54, 1.807) is 0 Å². The van der Waals surface area contributed by atoms with Crippen LogP contribution in [0.2, 0.25) is 0 Å². The molecule has 20 heavy (non-hydrogen) atoms. The maximum absolute atomic E-state index is 5.61. The minimum atomic E-state index is 0.106. The summed E-state index contributed by atoms with van der Waals surface area (Å²) in [6.45, 7) is 8.68. The molecule has 0 atom stereocenters. The molecule has 1 aromatic carbocycles. The van der Waals surface area contributed by atoms with Gasteiger partial charge in [0, 0.05) is 18.3 Å². The number of hydrogen-bond donors (Lipinski definition) is 1. The SMILES string of the molecule is Cc1ccc(CNc2nc(C)cc(OC(C)C)n2)cc1. The van der Waals surface area contributed by atoms with E-state index in [9.17, 15) is 0 Å². The van der Waals surface area contributed by atoms with Crippen LogP contribution in [0.3, 0.4) is 0 Å². The van der Waals surface area contributed by atoms with Crippen molar-refractivity contribution in [3.8, 4) is 5.88 Å². The number of rotatable bonds is 5. The second-order valence-corrected chi connectivity index (χ2v) is 5.18. The van der Waals surface area contributed by atoms with Gasteiger partial charge in [-0.25, -0.2) is 4.98 Å². The van der Waals surface area contributed by atoms with Crippen LogP contribution in [-0.4, -0.2) is 16.1 Å². The Balaban J connectivity index is 2.05. The topological polar surface area (TPSA) is 47.0 Å². The molecule has 0 aliphatic carbocycles. The van der Waals surface area contributed by atoms with Gasteiger partial charge >= 0.3 is 0 Å². The fraction of sp³-hybridized carbons (Fsp3) is 0.375. The maximum Gasteiger partial charge on any atom is 0.226 e. The van der Waals surface area contributed by atoms with E-state index in [-0.39, 0.29) is 6.10 Å². The Morgan fingerprint density at radius 1 is 1.10 bits per heavy atom. The molecule has 0 bridgehead atoms. The quantitative estimate of drug-likeness (QED) is 0.904. The smallest absolute Gasteiger partial charge is 0.226 e. The van der Waals surface area contributed by atoms with Crippen LogP contribution in [0.15, 0.2) is 30.3 Å². The van der Waals surface area contributed by atoms with Crippen molar-refractivity contribution in [1.82, 2.24) is 9.97 Å². The highest BCUT2D eigenvalue weighted by molar-refractivity contribution is 5.32. The average Bonchev–Trinajstić information content (AvgIpc) is 2.36. The summed E-state index contributed by atoms with van der Waals surface area (Å²) in [6, 6.07) is 10.2. The van der Waals surface area contributed by atoms with Crippen LogP contribution < -0.4 is 10.1 Å². The molecule has 0 fully saturated rings. The van der Waals surface area contributed by atoms with Crippen molar-refractivity contribution in [2.45, 2.75) is 40.3 Å². The zero-order valence-electron chi connectivity index (χ0n) is 12.5. The molecule has 1 aromatic heterocycles. The first-order chi connectivity index (χ1) is 9.52. The third-order valence-electron chi connectivity index (χ3n) is 2.76. The first kappa shape index (κ1) is 14.3. The van der Waals surface area contributed by atoms with Crippen LogP contribution in [-0.2, 0) is 6.54 Å².